The van der Waals surface area contributed by atoms with Gasteiger partial charge in [0, 0.05) is 16.4 Å². The summed E-state index contributed by atoms with van der Waals surface area (Å²) in [5, 5.41) is 1.02. The molecule has 0 nitrogen and oxygen atoms in total. The van der Waals surface area contributed by atoms with E-state index in [4.69, 9.17) is 0 Å². The van der Waals surface area contributed by atoms with E-state index in [1.165, 1.54) is 10.5 Å². The third-order valence-electron chi connectivity index (χ3n) is 2.06. The second kappa shape index (κ2) is 6.81. The van der Waals surface area contributed by atoms with Crippen molar-refractivity contribution >= 4 is 23.5 Å². The van der Waals surface area contributed by atoms with Gasteiger partial charge in [-0.15, -0.1) is 23.5 Å². The Hall–Kier alpha value is -0.600. The van der Waals surface area contributed by atoms with Crippen molar-refractivity contribution in [2.24, 2.45) is 0 Å². The Morgan fingerprint density at radius 3 is 3.07 bits per heavy atom. The van der Waals surface area contributed by atoms with Crippen molar-refractivity contribution < 1.29 is 0 Å². The van der Waals surface area contributed by atoms with Crippen molar-refractivity contribution in [1.82, 2.24) is 0 Å². The fourth-order valence-electron chi connectivity index (χ4n) is 1.14. The number of allylic oxidation sites excluding steroid dienone is 7. The molecule has 0 radical (unpaired) electrons. The van der Waals surface area contributed by atoms with E-state index in [9.17, 15) is 0 Å². The van der Waals surface area contributed by atoms with E-state index in [0.29, 0.717) is 0 Å². The average molecular weight is 236 g/mol. The van der Waals surface area contributed by atoms with Crippen molar-refractivity contribution in [2.45, 2.75) is 13.3 Å². The molecule has 0 unspecified atom stereocenters. The summed E-state index contributed by atoms with van der Waals surface area (Å²) < 4.78 is 0. The van der Waals surface area contributed by atoms with Crippen LogP contribution in [0.3, 0.4) is 0 Å². The van der Waals surface area contributed by atoms with Crippen LogP contribution in [0.15, 0.2) is 58.9 Å². The van der Waals surface area contributed by atoms with Crippen molar-refractivity contribution in [3.05, 3.63) is 58.9 Å². The predicted molar refractivity (Wildman–Crippen MR) is 75.0 cm³/mol. The molecule has 0 atom stereocenters. The molecule has 0 saturated heterocycles. The molecule has 0 spiro atoms. The molecule has 1 rings (SSSR count). The second-order valence-electron chi connectivity index (χ2n) is 3.11. The van der Waals surface area contributed by atoms with E-state index in [0.717, 1.165) is 16.4 Å². The van der Waals surface area contributed by atoms with Gasteiger partial charge in [0.15, 0.2) is 0 Å². The van der Waals surface area contributed by atoms with Crippen molar-refractivity contribution in [2.75, 3.05) is 5.08 Å². The van der Waals surface area contributed by atoms with Gasteiger partial charge in [0.05, 0.1) is 0 Å². The van der Waals surface area contributed by atoms with Crippen molar-refractivity contribution in [1.29, 1.82) is 0 Å². The topological polar surface area (TPSA) is 0 Å². The molecular weight excluding hydrogens is 220 g/mol. The lowest BCUT2D eigenvalue weighted by Crippen LogP contribution is -1.87. The molecular formula is C13H16S2. The molecule has 0 fully saturated rings. The maximum absolute atomic E-state index is 3.87. The first-order valence-electron chi connectivity index (χ1n) is 4.85. The van der Waals surface area contributed by atoms with E-state index in [-0.39, 0.29) is 0 Å². The zero-order chi connectivity index (χ0) is 11.1. The summed E-state index contributed by atoms with van der Waals surface area (Å²) in [6.07, 6.45) is 11.5. The first-order chi connectivity index (χ1) is 7.26. The van der Waals surface area contributed by atoms with Crippen LogP contribution >= 0.6 is 23.5 Å². The number of rotatable bonds is 5. The summed E-state index contributed by atoms with van der Waals surface area (Å²) >= 11 is 3.63. The zero-order valence-corrected chi connectivity index (χ0v) is 10.7. The molecule has 0 amide bonds. The smallest absolute Gasteiger partial charge is 0.0483 e. The van der Waals surface area contributed by atoms with E-state index in [1.807, 2.05) is 11.8 Å². The summed E-state index contributed by atoms with van der Waals surface area (Å²) in [6.45, 7) is 9.65. The highest BCUT2D eigenvalue weighted by atomic mass is 32.2. The van der Waals surface area contributed by atoms with E-state index in [1.54, 1.807) is 17.8 Å². The van der Waals surface area contributed by atoms with Crippen LogP contribution in [0.25, 0.3) is 0 Å². The fourth-order valence-corrected chi connectivity index (χ4v) is 3.14. The number of thioether (sulfide) groups is 2. The van der Waals surface area contributed by atoms with Gasteiger partial charge >= 0.3 is 0 Å². The monoisotopic (exact) mass is 236 g/mol. The Labute approximate surface area is 101 Å². The largest absolute Gasteiger partial charge is 0.119 e. The molecule has 80 valence electrons. The molecule has 0 aromatic rings. The van der Waals surface area contributed by atoms with Gasteiger partial charge in [0.25, 0.3) is 0 Å². The normalized spacial score (nSPS) is 17.7. The lowest BCUT2D eigenvalue weighted by atomic mass is 10.1. The zero-order valence-electron chi connectivity index (χ0n) is 9.03. The number of hydrogen-bond acceptors (Lipinski definition) is 2. The Bertz CT molecular complexity index is 332. The maximum Gasteiger partial charge on any atom is 0.0483 e. The van der Waals surface area contributed by atoms with Crippen LogP contribution in [0.2, 0.25) is 0 Å². The molecule has 0 saturated carbocycles. The van der Waals surface area contributed by atoms with Gasteiger partial charge in [-0.3, -0.25) is 0 Å². The minimum Gasteiger partial charge on any atom is -0.119 e. The first kappa shape index (κ1) is 12.5. The molecule has 0 aromatic carbocycles. The third kappa shape index (κ3) is 4.63. The van der Waals surface area contributed by atoms with Crippen LogP contribution in [-0.4, -0.2) is 5.08 Å². The Balaban J connectivity index is 2.34. The van der Waals surface area contributed by atoms with Gasteiger partial charge in [-0.1, -0.05) is 43.5 Å². The Kier molecular flexibility index (Phi) is 5.66. The number of hydrogen-bond donors (Lipinski definition) is 0. The highest BCUT2D eigenvalue weighted by Crippen LogP contribution is 2.31. The minimum absolute atomic E-state index is 1.02. The highest BCUT2D eigenvalue weighted by Gasteiger charge is 2.04. The molecule has 0 bridgehead atoms. The summed E-state index contributed by atoms with van der Waals surface area (Å²) in [4.78, 5) is 2.47. The Morgan fingerprint density at radius 1 is 1.60 bits per heavy atom. The van der Waals surface area contributed by atoms with Gasteiger partial charge in [-0.05, 0) is 17.4 Å². The van der Waals surface area contributed by atoms with Crippen LogP contribution in [0.5, 0.6) is 0 Å². The van der Waals surface area contributed by atoms with Crippen molar-refractivity contribution in [3.8, 4) is 0 Å². The van der Waals surface area contributed by atoms with E-state index in [2.05, 4.69) is 44.4 Å². The summed E-state index contributed by atoms with van der Waals surface area (Å²) in [6, 6.07) is 0. The molecule has 1 aliphatic carbocycles. The summed E-state index contributed by atoms with van der Waals surface area (Å²) in [5.41, 5.74) is 1.40. The molecule has 0 aromatic heterocycles. The standard InChI is InChI=1S/C13H16S2/c1-4-11(3)14-10-15-13-8-6-7-12(5-2)9-13/h4-8H,1,3,9-10H2,2H3/b12-5-. The average Bonchev–Trinajstić information content (AvgIpc) is 2.29. The first-order valence-corrected chi connectivity index (χ1v) is 6.82. The fraction of sp³-hybridized carbons (Fsp3) is 0.231. The second-order valence-corrected chi connectivity index (χ2v) is 5.68. The predicted octanol–water partition coefficient (Wildman–Crippen LogP) is 4.90. The highest BCUT2D eigenvalue weighted by molar-refractivity contribution is 8.19. The molecule has 0 aliphatic heterocycles. The van der Waals surface area contributed by atoms with Crippen LogP contribution < -0.4 is 0 Å². The van der Waals surface area contributed by atoms with Crippen LogP contribution in [0.4, 0.5) is 0 Å². The van der Waals surface area contributed by atoms with Gasteiger partial charge in [0.2, 0.25) is 0 Å². The molecule has 15 heavy (non-hydrogen) atoms. The van der Waals surface area contributed by atoms with Crippen LogP contribution in [0.1, 0.15) is 13.3 Å². The van der Waals surface area contributed by atoms with E-state index >= 15 is 0 Å². The van der Waals surface area contributed by atoms with Gasteiger partial charge < -0.3 is 0 Å². The van der Waals surface area contributed by atoms with Crippen LogP contribution in [-0.2, 0) is 0 Å². The summed E-state index contributed by atoms with van der Waals surface area (Å²) in [7, 11) is 0. The molecule has 2 heteroatoms. The lowest BCUT2D eigenvalue weighted by Gasteiger charge is -2.10. The Morgan fingerprint density at radius 2 is 2.40 bits per heavy atom. The van der Waals surface area contributed by atoms with Crippen molar-refractivity contribution in [3.63, 3.8) is 0 Å². The van der Waals surface area contributed by atoms with E-state index < -0.39 is 0 Å². The van der Waals surface area contributed by atoms with Gasteiger partial charge in [-0.25, -0.2) is 0 Å². The van der Waals surface area contributed by atoms with Crippen LogP contribution in [0, 0.1) is 0 Å². The maximum atomic E-state index is 3.87. The third-order valence-corrected chi connectivity index (χ3v) is 4.19. The van der Waals surface area contributed by atoms with Gasteiger partial charge in [0.1, 0.15) is 0 Å². The molecule has 1 aliphatic rings. The molecule has 0 N–H and O–H groups in total. The minimum atomic E-state index is 1.02. The van der Waals surface area contributed by atoms with Gasteiger partial charge in [-0.2, -0.15) is 0 Å². The quantitative estimate of drug-likeness (QED) is 0.492. The lowest BCUT2D eigenvalue weighted by molar-refractivity contribution is 1.23. The summed E-state index contributed by atoms with van der Waals surface area (Å²) in [5.74, 6) is 0. The SMILES string of the molecule is C=CC(=C)SCSC1=CC=C/C(=C/C)C1. The molecule has 0 heterocycles.